The van der Waals surface area contributed by atoms with Crippen molar-refractivity contribution in [1.82, 2.24) is 19.8 Å². The maximum absolute atomic E-state index is 14.0. The summed E-state index contributed by atoms with van der Waals surface area (Å²) in [5.74, 6) is -0.118. The van der Waals surface area contributed by atoms with Gasteiger partial charge in [-0.1, -0.05) is 50.6 Å². The summed E-state index contributed by atoms with van der Waals surface area (Å²) in [6.45, 7) is 4.02. The fraction of sp³-hybridized carbons (Fsp3) is 0.385. The lowest BCUT2D eigenvalue weighted by Crippen LogP contribution is -2.64. The van der Waals surface area contributed by atoms with E-state index in [1.54, 1.807) is 23.1 Å². The molecular formula is C26H25N5O4. The van der Waals surface area contributed by atoms with E-state index in [9.17, 15) is 19.5 Å². The van der Waals surface area contributed by atoms with Gasteiger partial charge in [0.25, 0.3) is 5.56 Å². The number of aliphatic hydroxyl groups is 1. The first-order valence-corrected chi connectivity index (χ1v) is 12.1. The molecule has 2 N–H and O–H groups in total. The highest BCUT2D eigenvalue weighted by atomic mass is 16.3. The van der Waals surface area contributed by atoms with Crippen molar-refractivity contribution in [2.45, 2.75) is 56.7 Å². The van der Waals surface area contributed by atoms with Gasteiger partial charge in [-0.3, -0.25) is 23.9 Å². The highest BCUT2D eigenvalue weighted by Gasteiger charge is 2.67. The summed E-state index contributed by atoms with van der Waals surface area (Å²) < 4.78 is 1.45. The zero-order chi connectivity index (χ0) is 24.2. The topological polar surface area (TPSA) is 108 Å². The number of benzene rings is 2. The predicted molar refractivity (Wildman–Crippen MR) is 127 cm³/mol. The Kier molecular flexibility index (Phi) is 4.02. The molecule has 2 saturated heterocycles. The minimum absolute atomic E-state index is 0.0480. The number of fused-ring (bicyclic) bond motifs is 4. The van der Waals surface area contributed by atoms with Crippen LogP contribution in [0.3, 0.4) is 0 Å². The second-order valence-electron chi connectivity index (χ2n) is 10.1. The summed E-state index contributed by atoms with van der Waals surface area (Å²) >= 11 is 0. The van der Waals surface area contributed by atoms with Crippen molar-refractivity contribution >= 4 is 28.4 Å². The van der Waals surface area contributed by atoms with Crippen molar-refractivity contribution in [3.63, 3.8) is 0 Å². The molecule has 2 amide bonds. The van der Waals surface area contributed by atoms with Crippen LogP contribution in [0, 0.1) is 5.92 Å². The monoisotopic (exact) mass is 471 g/mol. The van der Waals surface area contributed by atoms with E-state index in [2.05, 4.69) is 5.32 Å². The summed E-state index contributed by atoms with van der Waals surface area (Å²) in [6, 6.07) is 12.9. The third kappa shape index (κ3) is 2.39. The molecule has 9 heteroatoms. The molecular weight excluding hydrogens is 446 g/mol. The van der Waals surface area contributed by atoms with Crippen LogP contribution in [0.4, 0.5) is 5.69 Å². The van der Waals surface area contributed by atoms with Gasteiger partial charge in [0.15, 0.2) is 5.82 Å². The maximum atomic E-state index is 14.0. The Balaban J connectivity index is 1.57. The zero-order valence-electron chi connectivity index (χ0n) is 19.4. The second kappa shape index (κ2) is 6.77. The molecule has 2 bridgehead atoms. The van der Waals surface area contributed by atoms with Gasteiger partial charge < -0.3 is 10.4 Å². The average molecular weight is 472 g/mol. The number of amides is 2. The van der Waals surface area contributed by atoms with Crippen LogP contribution in [0.2, 0.25) is 0 Å². The van der Waals surface area contributed by atoms with Crippen LogP contribution in [0.1, 0.15) is 50.3 Å². The van der Waals surface area contributed by atoms with Gasteiger partial charge in [-0.25, -0.2) is 9.88 Å². The van der Waals surface area contributed by atoms with Crippen LogP contribution in [-0.4, -0.2) is 43.6 Å². The van der Waals surface area contributed by atoms with Crippen LogP contribution >= 0.6 is 0 Å². The first kappa shape index (κ1) is 20.8. The number of aromatic nitrogens is 2. The molecule has 0 spiro atoms. The molecule has 0 aliphatic carbocycles. The largest absolute Gasteiger partial charge is 0.381 e. The van der Waals surface area contributed by atoms with Gasteiger partial charge in [-0.05, 0) is 24.1 Å². The molecule has 178 valence electrons. The molecule has 0 saturated carbocycles. The van der Waals surface area contributed by atoms with Crippen molar-refractivity contribution in [2.24, 2.45) is 5.92 Å². The number of hydrogen-bond donors (Lipinski definition) is 2. The smallest absolute Gasteiger partial charge is 0.262 e. The highest BCUT2D eigenvalue weighted by molar-refractivity contribution is 6.03. The summed E-state index contributed by atoms with van der Waals surface area (Å²) in [6.07, 6.45) is -0.866. The van der Waals surface area contributed by atoms with E-state index in [0.29, 0.717) is 28.0 Å². The van der Waals surface area contributed by atoms with Crippen molar-refractivity contribution in [3.8, 4) is 0 Å². The van der Waals surface area contributed by atoms with Gasteiger partial charge in [0, 0.05) is 12.0 Å². The van der Waals surface area contributed by atoms with Crippen LogP contribution < -0.4 is 15.8 Å². The number of carbonyl (C=O) groups excluding carboxylic acids is 2. The lowest BCUT2D eigenvalue weighted by atomic mass is 9.82. The molecule has 0 unspecified atom stereocenters. The van der Waals surface area contributed by atoms with Gasteiger partial charge in [-0.15, -0.1) is 0 Å². The maximum Gasteiger partial charge on any atom is 0.262 e. The summed E-state index contributed by atoms with van der Waals surface area (Å²) in [4.78, 5) is 49.6. The first-order chi connectivity index (χ1) is 16.9. The fourth-order valence-electron chi connectivity index (χ4n) is 6.61. The number of rotatable bonds is 2. The summed E-state index contributed by atoms with van der Waals surface area (Å²) in [5.41, 5.74) is -0.0422. The van der Waals surface area contributed by atoms with Crippen LogP contribution in [0.25, 0.3) is 10.9 Å². The number of carbonyl (C=O) groups is 2. The Morgan fingerprint density at radius 2 is 1.89 bits per heavy atom. The molecule has 2 fully saturated rings. The van der Waals surface area contributed by atoms with E-state index in [-0.39, 0.29) is 29.7 Å². The molecule has 35 heavy (non-hydrogen) atoms. The van der Waals surface area contributed by atoms with Crippen molar-refractivity contribution in [2.75, 3.05) is 4.90 Å². The molecule has 3 aromatic rings. The SMILES string of the molecule is CC[C@H](C)[C@H]1C(=O)N2c3ccccc3[C@]3(O)C[C@H]4C(=O)N[C@@H](c5nc6ccccc6c(=O)n54)N1[C@@H]23. The lowest BCUT2D eigenvalue weighted by Gasteiger charge is -2.49. The quantitative estimate of drug-likeness (QED) is 0.590. The van der Waals surface area contributed by atoms with Crippen molar-refractivity contribution in [1.29, 1.82) is 0 Å². The summed E-state index contributed by atoms with van der Waals surface area (Å²) in [5, 5.41) is 15.8. The number of hydrogen-bond acceptors (Lipinski definition) is 6. The van der Waals surface area contributed by atoms with E-state index in [4.69, 9.17) is 4.98 Å². The zero-order valence-corrected chi connectivity index (χ0v) is 19.4. The van der Waals surface area contributed by atoms with Crippen LogP contribution in [-0.2, 0) is 15.2 Å². The molecule has 0 radical (unpaired) electrons. The Labute approximate surface area is 201 Å². The van der Waals surface area contributed by atoms with Crippen molar-refractivity contribution < 1.29 is 14.7 Å². The number of para-hydroxylation sites is 2. The van der Waals surface area contributed by atoms with Gasteiger partial charge in [-0.2, -0.15) is 0 Å². The first-order valence-electron chi connectivity index (χ1n) is 12.1. The molecule has 5 aliphatic rings. The third-order valence-electron chi connectivity index (χ3n) is 8.35. The molecule has 5 aliphatic heterocycles. The predicted octanol–water partition coefficient (Wildman–Crippen LogP) is 1.76. The van der Waals surface area contributed by atoms with Crippen molar-refractivity contribution in [3.05, 3.63) is 70.3 Å². The molecule has 6 heterocycles. The minimum Gasteiger partial charge on any atom is -0.381 e. The number of anilines is 1. The molecule has 9 nitrogen and oxygen atoms in total. The van der Waals surface area contributed by atoms with E-state index >= 15 is 0 Å². The van der Waals surface area contributed by atoms with Crippen LogP contribution in [0.15, 0.2) is 53.3 Å². The van der Waals surface area contributed by atoms with Gasteiger partial charge in [0.2, 0.25) is 11.8 Å². The van der Waals surface area contributed by atoms with Crippen LogP contribution in [0.5, 0.6) is 0 Å². The normalized spacial score (nSPS) is 31.6. The van der Waals surface area contributed by atoms with E-state index in [1.165, 1.54) is 4.57 Å². The number of nitrogens with zero attached hydrogens (tertiary/aromatic N) is 4. The Bertz CT molecular complexity index is 1500. The lowest BCUT2D eigenvalue weighted by molar-refractivity contribution is -0.146. The molecule has 8 rings (SSSR count). The number of nitrogens with one attached hydrogen (secondary N) is 1. The molecule has 2 aromatic carbocycles. The third-order valence-corrected chi connectivity index (χ3v) is 8.35. The Morgan fingerprint density at radius 3 is 2.69 bits per heavy atom. The summed E-state index contributed by atoms with van der Waals surface area (Å²) in [7, 11) is 0. The van der Waals surface area contributed by atoms with E-state index in [1.807, 2.05) is 49.1 Å². The average Bonchev–Trinajstić information content (AvgIpc) is 3.29. The minimum atomic E-state index is -1.53. The van der Waals surface area contributed by atoms with Gasteiger partial charge in [0.1, 0.15) is 24.0 Å². The molecule has 6 atom stereocenters. The van der Waals surface area contributed by atoms with Gasteiger partial charge >= 0.3 is 0 Å². The standard InChI is InChI=1S/C26H25N5O4/c1-3-13(2)19-24(34)30-17-11-7-5-9-15(17)26(35)12-18-22(32)28-21(31(19)25(26)30)20-27-16-10-6-4-8-14(16)23(33)29(18)20/h4-11,13,18-19,21,25,35H,3,12H2,1-2H3,(H,28,32)/t13-,18-,19-,21+,25+,26+/m0/s1. The highest BCUT2D eigenvalue weighted by Crippen LogP contribution is 2.56. The second-order valence-corrected chi connectivity index (χ2v) is 10.1. The Hall–Kier alpha value is -3.56. The van der Waals surface area contributed by atoms with E-state index < -0.39 is 30.0 Å². The molecule has 1 aromatic heterocycles. The fourth-order valence-corrected chi connectivity index (χ4v) is 6.61. The van der Waals surface area contributed by atoms with Gasteiger partial charge in [0.05, 0.1) is 22.6 Å². The Morgan fingerprint density at radius 1 is 1.14 bits per heavy atom. The van der Waals surface area contributed by atoms with E-state index in [0.717, 1.165) is 6.42 Å².